The SMILES string of the molecule is CC(C)N1Cc2c(NCc3cnc4ccccc4c3)nc(N3CCN4C=CC[C@@H]4C3)nc2C1=O. The van der Waals surface area contributed by atoms with E-state index in [9.17, 15) is 4.79 Å². The van der Waals surface area contributed by atoms with E-state index >= 15 is 0 Å². The number of nitrogens with one attached hydrogen (secondary N) is 1. The minimum Gasteiger partial charge on any atom is -0.371 e. The van der Waals surface area contributed by atoms with Crippen molar-refractivity contribution in [1.29, 1.82) is 0 Å². The highest BCUT2D eigenvalue weighted by Gasteiger charge is 2.36. The zero-order chi connectivity index (χ0) is 23.2. The largest absolute Gasteiger partial charge is 0.371 e. The number of hydrogen-bond donors (Lipinski definition) is 1. The van der Waals surface area contributed by atoms with Gasteiger partial charge in [0, 0.05) is 55.4 Å². The van der Waals surface area contributed by atoms with E-state index in [1.165, 1.54) is 0 Å². The van der Waals surface area contributed by atoms with Gasteiger partial charge in [-0.2, -0.15) is 4.98 Å². The Kier molecular flexibility index (Phi) is 5.08. The zero-order valence-corrected chi connectivity index (χ0v) is 19.6. The van der Waals surface area contributed by atoms with Crippen molar-refractivity contribution in [2.24, 2.45) is 0 Å². The molecule has 8 nitrogen and oxygen atoms in total. The molecule has 3 aromatic rings. The Labute approximate surface area is 199 Å². The number of rotatable bonds is 5. The molecule has 1 N–H and O–H groups in total. The van der Waals surface area contributed by atoms with Crippen molar-refractivity contribution in [3.8, 4) is 0 Å². The first-order valence-electron chi connectivity index (χ1n) is 12.0. The van der Waals surface area contributed by atoms with Crippen molar-refractivity contribution in [3.05, 3.63) is 65.6 Å². The van der Waals surface area contributed by atoms with E-state index in [4.69, 9.17) is 9.97 Å². The number of pyridine rings is 1. The van der Waals surface area contributed by atoms with E-state index in [1.54, 1.807) is 0 Å². The number of benzene rings is 1. The summed E-state index contributed by atoms with van der Waals surface area (Å²) in [5.41, 5.74) is 3.47. The molecule has 0 spiro atoms. The summed E-state index contributed by atoms with van der Waals surface area (Å²) in [6, 6.07) is 10.8. The fourth-order valence-electron chi connectivity index (χ4n) is 5.09. The average Bonchev–Trinajstić information content (AvgIpc) is 3.46. The molecule has 0 unspecified atom stereocenters. The molecule has 6 rings (SSSR count). The number of carbonyl (C=O) groups excluding carboxylic acids is 1. The standard InChI is InChI=1S/C26H29N7O/c1-17(2)33-16-21-23(25(33)34)29-26(32-11-10-31-9-5-7-20(31)15-32)30-24(21)28-14-18-12-19-6-3-4-8-22(19)27-13-18/h3-6,8-9,12-13,17,20H,7,10-11,14-16H2,1-2H3,(H,28,29,30)/t20-/m1/s1. The van der Waals surface area contributed by atoms with E-state index in [1.807, 2.05) is 43.1 Å². The topological polar surface area (TPSA) is 77.5 Å². The van der Waals surface area contributed by atoms with Gasteiger partial charge in [-0.1, -0.05) is 24.3 Å². The first-order valence-corrected chi connectivity index (χ1v) is 12.0. The summed E-state index contributed by atoms with van der Waals surface area (Å²) in [6.07, 6.45) is 7.36. The van der Waals surface area contributed by atoms with Crippen LogP contribution in [0.1, 0.15) is 41.9 Å². The molecule has 0 aliphatic carbocycles. The fourth-order valence-corrected chi connectivity index (χ4v) is 5.09. The van der Waals surface area contributed by atoms with Crippen LogP contribution in [0.2, 0.25) is 0 Å². The molecule has 1 aromatic carbocycles. The number of carbonyl (C=O) groups is 1. The van der Waals surface area contributed by atoms with Crippen LogP contribution in [0.15, 0.2) is 48.8 Å². The van der Waals surface area contributed by atoms with Crippen LogP contribution >= 0.6 is 0 Å². The molecule has 3 aliphatic heterocycles. The van der Waals surface area contributed by atoms with E-state index in [2.05, 4.69) is 44.5 Å². The molecule has 0 radical (unpaired) electrons. The minimum absolute atomic E-state index is 0.00904. The van der Waals surface area contributed by atoms with Gasteiger partial charge in [0.05, 0.1) is 12.1 Å². The van der Waals surface area contributed by atoms with Crippen LogP contribution in [-0.4, -0.2) is 62.4 Å². The Morgan fingerprint density at radius 1 is 1.18 bits per heavy atom. The van der Waals surface area contributed by atoms with Gasteiger partial charge in [0.15, 0.2) is 0 Å². The molecule has 1 atom stereocenters. The lowest BCUT2D eigenvalue weighted by Gasteiger charge is -2.38. The molecular formula is C26H29N7O. The van der Waals surface area contributed by atoms with Gasteiger partial charge in [0.25, 0.3) is 5.91 Å². The number of para-hydroxylation sites is 1. The molecule has 1 saturated heterocycles. The summed E-state index contributed by atoms with van der Waals surface area (Å²) in [4.78, 5) is 34.0. The Balaban J connectivity index is 1.31. The van der Waals surface area contributed by atoms with Gasteiger partial charge in [0.1, 0.15) is 11.5 Å². The van der Waals surface area contributed by atoms with Crippen molar-refractivity contribution in [1.82, 2.24) is 24.8 Å². The lowest BCUT2D eigenvalue weighted by Crippen LogP contribution is -2.49. The molecular weight excluding hydrogens is 426 g/mol. The first kappa shape index (κ1) is 20.9. The predicted molar refractivity (Wildman–Crippen MR) is 133 cm³/mol. The number of nitrogens with zero attached hydrogens (tertiary/aromatic N) is 6. The van der Waals surface area contributed by atoms with Crippen molar-refractivity contribution in [2.75, 3.05) is 29.9 Å². The Hall–Kier alpha value is -3.68. The third kappa shape index (κ3) is 3.63. The average molecular weight is 456 g/mol. The molecule has 8 heteroatoms. The summed E-state index contributed by atoms with van der Waals surface area (Å²) >= 11 is 0. The molecule has 0 bridgehead atoms. The minimum atomic E-state index is -0.00904. The van der Waals surface area contributed by atoms with Gasteiger partial charge < -0.3 is 20.0 Å². The summed E-state index contributed by atoms with van der Waals surface area (Å²) in [7, 11) is 0. The van der Waals surface area contributed by atoms with Crippen LogP contribution < -0.4 is 10.2 Å². The monoisotopic (exact) mass is 455 g/mol. The van der Waals surface area contributed by atoms with Crippen molar-refractivity contribution in [3.63, 3.8) is 0 Å². The van der Waals surface area contributed by atoms with Gasteiger partial charge in [-0.3, -0.25) is 9.78 Å². The molecule has 2 aromatic heterocycles. The van der Waals surface area contributed by atoms with E-state index in [0.29, 0.717) is 30.8 Å². The molecule has 3 aliphatic rings. The van der Waals surface area contributed by atoms with Gasteiger partial charge in [-0.05, 0) is 44.2 Å². The van der Waals surface area contributed by atoms with E-state index in [0.717, 1.165) is 53.9 Å². The van der Waals surface area contributed by atoms with Crippen LogP contribution in [-0.2, 0) is 13.1 Å². The van der Waals surface area contributed by atoms with Gasteiger partial charge in [-0.15, -0.1) is 0 Å². The smallest absolute Gasteiger partial charge is 0.273 e. The highest BCUT2D eigenvalue weighted by Crippen LogP contribution is 2.32. The zero-order valence-electron chi connectivity index (χ0n) is 19.6. The van der Waals surface area contributed by atoms with Crippen LogP contribution in [0.5, 0.6) is 0 Å². The normalized spacial score (nSPS) is 19.3. The van der Waals surface area contributed by atoms with E-state index < -0.39 is 0 Å². The molecule has 34 heavy (non-hydrogen) atoms. The number of aromatic nitrogens is 3. The molecule has 1 amide bonds. The van der Waals surface area contributed by atoms with E-state index in [-0.39, 0.29) is 11.9 Å². The summed E-state index contributed by atoms with van der Waals surface area (Å²) in [5.74, 6) is 1.38. The maximum absolute atomic E-state index is 13.2. The molecule has 174 valence electrons. The third-order valence-electron chi connectivity index (χ3n) is 7.03. The quantitative estimate of drug-likeness (QED) is 0.632. The Morgan fingerprint density at radius 2 is 2.06 bits per heavy atom. The van der Waals surface area contributed by atoms with Crippen LogP contribution in [0.4, 0.5) is 11.8 Å². The van der Waals surface area contributed by atoms with Crippen LogP contribution in [0.25, 0.3) is 10.9 Å². The lowest BCUT2D eigenvalue weighted by molar-refractivity contribution is 0.0726. The number of hydrogen-bond acceptors (Lipinski definition) is 7. The number of anilines is 2. The molecule has 5 heterocycles. The highest BCUT2D eigenvalue weighted by molar-refractivity contribution is 5.98. The number of fused-ring (bicyclic) bond motifs is 3. The van der Waals surface area contributed by atoms with Gasteiger partial charge in [-0.25, -0.2) is 4.98 Å². The number of amides is 1. The van der Waals surface area contributed by atoms with Crippen LogP contribution in [0.3, 0.4) is 0 Å². The maximum Gasteiger partial charge on any atom is 0.273 e. The fraction of sp³-hybridized carbons (Fsp3) is 0.385. The first-order chi connectivity index (χ1) is 16.6. The summed E-state index contributed by atoms with van der Waals surface area (Å²) in [6.45, 7) is 7.84. The molecule has 0 saturated carbocycles. The number of piperazine rings is 1. The Bertz CT molecular complexity index is 1290. The second kappa shape index (κ2) is 8.27. The summed E-state index contributed by atoms with van der Waals surface area (Å²) < 4.78 is 0. The molecule has 1 fully saturated rings. The van der Waals surface area contributed by atoms with Gasteiger partial charge >= 0.3 is 0 Å². The highest BCUT2D eigenvalue weighted by atomic mass is 16.2. The predicted octanol–water partition coefficient (Wildman–Crippen LogP) is 3.41. The van der Waals surface area contributed by atoms with Crippen molar-refractivity contribution >= 4 is 28.6 Å². The van der Waals surface area contributed by atoms with Crippen molar-refractivity contribution < 1.29 is 4.79 Å². The Morgan fingerprint density at radius 3 is 2.94 bits per heavy atom. The maximum atomic E-state index is 13.2. The lowest BCUT2D eigenvalue weighted by atomic mass is 10.1. The third-order valence-corrected chi connectivity index (χ3v) is 7.03. The van der Waals surface area contributed by atoms with Gasteiger partial charge in [0.2, 0.25) is 5.95 Å². The second-order valence-electron chi connectivity index (χ2n) is 9.57. The van der Waals surface area contributed by atoms with Crippen molar-refractivity contribution in [2.45, 2.75) is 45.4 Å². The summed E-state index contributed by atoms with van der Waals surface area (Å²) in [5, 5.41) is 4.62. The second-order valence-corrected chi connectivity index (χ2v) is 9.57. The van der Waals surface area contributed by atoms with Crippen LogP contribution in [0, 0.1) is 0 Å².